The third-order valence-corrected chi connectivity index (χ3v) is 4.88. The topological polar surface area (TPSA) is 3.88 Å². The van der Waals surface area contributed by atoms with Gasteiger partial charge in [-0.2, -0.15) is 0 Å². The van der Waals surface area contributed by atoms with Crippen molar-refractivity contribution >= 4 is 29.5 Å². The Morgan fingerprint density at radius 3 is 2.46 bits per heavy atom. The molecular formula is C10H12ClNTe. The summed E-state index contributed by atoms with van der Waals surface area (Å²) in [7, 11) is 2.17. The zero-order valence-corrected chi connectivity index (χ0v) is 11.1. The number of fused-ring (bicyclic) bond motifs is 1. The first-order chi connectivity index (χ1) is 5.66. The van der Waals surface area contributed by atoms with Crippen LogP contribution < -0.4 is 15.2 Å². The van der Waals surface area contributed by atoms with E-state index in [4.69, 9.17) is 0 Å². The van der Waals surface area contributed by atoms with Gasteiger partial charge in [-0.15, -0.1) is 0 Å². The molecular weight excluding hydrogens is 297 g/mol. The maximum Gasteiger partial charge on any atom is -1.00 e. The van der Waals surface area contributed by atoms with E-state index < -0.39 is 0 Å². The Kier molecular flexibility index (Phi) is 3.40. The van der Waals surface area contributed by atoms with Crippen LogP contribution in [0.5, 0.6) is 0 Å². The number of hydrogen-bond acceptors (Lipinski definition) is 0. The molecule has 0 saturated heterocycles. The minimum absolute atomic E-state index is 0. The third kappa shape index (κ3) is 2.07. The first-order valence-corrected chi connectivity index (χ1v) is 6.24. The van der Waals surface area contributed by atoms with Crippen molar-refractivity contribution in [2.75, 3.05) is 0 Å². The zero-order valence-electron chi connectivity index (χ0n) is 7.97. The van der Waals surface area contributed by atoms with Crippen molar-refractivity contribution < 1.29 is 15.2 Å². The van der Waals surface area contributed by atoms with E-state index in [2.05, 4.69) is 42.0 Å². The van der Waals surface area contributed by atoms with Crippen molar-refractivity contribution in [3.05, 3.63) is 29.5 Å². The molecule has 3 heteroatoms. The van der Waals surface area contributed by atoms with Gasteiger partial charge in [0.15, 0.2) is 0 Å². The van der Waals surface area contributed by atoms with Gasteiger partial charge in [-0.1, -0.05) is 0 Å². The van der Waals surface area contributed by atoms with Crippen molar-refractivity contribution in [2.45, 2.75) is 13.8 Å². The predicted molar refractivity (Wildman–Crippen MR) is 51.5 cm³/mol. The van der Waals surface area contributed by atoms with Gasteiger partial charge < -0.3 is 12.4 Å². The second-order valence-corrected chi connectivity index (χ2v) is 6.66. The van der Waals surface area contributed by atoms with Gasteiger partial charge in [0.25, 0.3) is 0 Å². The van der Waals surface area contributed by atoms with Crippen molar-refractivity contribution in [3.8, 4) is 0 Å². The Morgan fingerprint density at radius 1 is 1.15 bits per heavy atom. The summed E-state index contributed by atoms with van der Waals surface area (Å²) in [6.07, 6.45) is 2.27. The second-order valence-electron chi connectivity index (χ2n) is 3.24. The van der Waals surface area contributed by atoms with E-state index in [1.54, 1.807) is 3.40 Å². The van der Waals surface area contributed by atoms with Crippen LogP contribution >= 0.6 is 0 Å². The molecule has 0 aliphatic carbocycles. The fraction of sp³-hybridized carbons (Fsp3) is 0.300. The molecule has 0 aliphatic heterocycles. The molecule has 0 saturated carbocycles. The summed E-state index contributed by atoms with van der Waals surface area (Å²) in [5, 5.41) is 1.45. The largest absolute Gasteiger partial charge is 1.00 e. The molecule has 1 aromatic carbocycles. The van der Waals surface area contributed by atoms with Crippen molar-refractivity contribution in [2.24, 2.45) is 7.05 Å². The van der Waals surface area contributed by atoms with E-state index >= 15 is 0 Å². The van der Waals surface area contributed by atoms with Crippen LogP contribution in [0.4, 0.5) is 0 Å². The normalized spacial score (nSPS) is 10.1. The molecule has 0 aliphatic rings. The van der Waals surface area contributed by atoms with Crippen LogP contribution in [0.3, 0.4) is 0 Å². The summed E-state index contributed by atoms with van der Waals surface area (Å²) in [6.45, 7) is 4.38. The van der Waals surface area contributed by atoms with Gasteiger partial charge in [0.1, 0.15) is 0 Å². The third-order valence-electron chi connectivity index (χ3n) is 2.19. The Balaban J connectivity index is 0.000000845. The van der Waals surface area contributed by atoms with Gasteiger partial charge in [0, 0.05) is 0 Å². The van der Waals surface area contributed by atoms with Crippen LogP contribution in [0.15, 0.2) is 18.3 Å². The minimum atomic E-state index is -0.0662. The van der Waals surface area contributed by atoms with Gasteiger partial charge in [0.05, 0.1) is 0 Å². The maximum atomic E-state index is 2.36. The summed E-state index contributed by atoms with van der Waals surface area (Å²) in [5.41, 5.74) is 2.84. The SMILES string of the molecule is Cc1cc2c[n+](C)[te]c2cc1C.[Cl-]. The number of nitrogens with zero attached hydrogens (tertiary/aromatic N) is 1. The van der Waals surface area contributed by atoms with Gasteiger partial charge in [-0.05, 0) is 0 Å². The summed E-state index contributed by atoms with van der Waals surface area (Å²) in [5.74, 6) is 0. The molecule has 13 heavy (non-hydrogen) atoms. The van der Waals surface area contributed by atoms with E-state index in [-0.39, 0.29) is 33.1 Å². The van der Waals surface area contributed by atoms with E-state index in [1.165, 1.54) is 16.5 Å². The molecule has 0 bridgehead atoms. The Hall–Kier alpha value is -0.0304. The van der Waals surface area contributed by atoms with Gasteiger partial charge >= 0.3 is 82.6 Å². The zero-order chi connectivity index (χ0) is 8.72. The molecule has 1 heterocycles. The number of hydrogen-bond donors (Lipinski definition) is 0. The number of halogens is 1. The standard InChI is InChI=1S/C10H12NTe.ClH/c1-7-4-9-6-11(3)12-10(9)5-8(7)2;/h4-6H,1-3H3;1H/q+1;/p-1. The molecule has 0 N–H and O–H groups in total. The van der Waals surface area contributed by atoms with Gasteiger partial charge in [-0.25, -0.2) is 0 Å². The second kappa shape index (κ2) is 4.00. The molecule has 70 valence electrons. The summed E-state index contributed by atoms with van der Waals surface area (Å²) in [6, 6.07) is 4.66. The van der Waals surface area contributed by atoms with E-state index in [1.807, 2.05) is 0 Å². The van der Waals surface area contributed by atoms with Crippen LogP contribution in [0.1, 0.15) is 11.1 Å². The quantitative estimate of drug-likeness (QED) is 0.513. The molecule has 1 nitrogen and oxygen atoms in total. The predicted octanol–water partition coefficient (Wildman–Crippen LogP) is -1.66. The minimum Gasteiger partial charge on any atom is -1.00 e. The smallest absolute Gasteiger partial charge is 1.00 e. The first kappa shape index (κ1) is 11.0. The molecule has 0 fully saturated rings. The van der Waals surface area contributed by atoms with Crippen LogP contribution in [0, 0.1) is 13.8 Å². The molecule has 0 atom stereocenters. The van der Waals surface area contributed by atoms with Crippen molar-refractivity contribution in [3.63, 3.8) is 0 Å². The molecule has 0 spiro atoms. The summed E-state index contributed by atoms with van der Waals surface area (Å²) < 4.78 is 3.94. The van der Waals surface area contributed by atoms with Crippen LogP contribution in [-0.2, 0) is 7.05 Å². The van der Waals surface area contributed by atoms with Gasteiger partial charge in [-0.3, -0.25) is 0 Å². The van der Waals surface area contributed by atoms with E-state index in [0.29, 0.717) is 0 Å². The molecule has 1 aromatic heterocycles. The van der Waals surface area contributed by atoms with Crippen LogP contribution in [0.2, 0.25) is 0 Å². The number of benzene rings is 1. The van der Waals surface area contributed by atoms with Crippen molar-refractivity contribution in [1.29, 1.82) is 0 Å². The molecule has 0 unspecified atom stereocenters. The monoisotopic (exact) mass is 311 g/mol. The van der Waals surface area contributed by atoms with Crippen LogP contribution in [-0.4, -0.2) is 20.7 Å². The first-order valence-electron chi connectivity index (χ1n) is 4.04. The number of rotatable bonds is 0. The average molecular weight is 309 g/mol. The number of aromatic nitrogens is 1. The van der Waals surface area contributed by atoms with E-state index in [0.717, 1.165) is 0 Å². The molecule has 0 amide bonds. The Morgan fingerprint density at radius 2 is 1.77 bits per heavy atom. The fourth-order valence-corrected chi connectivity index (χ4v) is 4.00. The Bertz CT molecular complexity index is 395. The molecule has 2 rings (SSSR count). The van der Waals surface area contributed by atoms with Crippen molar-refractivity contribution in [1.82, 2.24) is 0 Å². The average Bonchev–Trinajstić information content (AvgIpc) is 2.30. The fourth-order valence-electron chi connectivity index (χ4n) is 1.37. The Labute approximate surface area is 94.8 Å². The maximum absolute atomic E-state index is 2.36. The van der Waals surface area contributed by atoms with Gasteiger partial charge in [0.2, 0.25) is 0 Å². The van der Waals surface area contributed by atoms with Crippen LogP contribution in [0.25, 0.3) is 8.79 Å². The molecule has 2 aromatic rings. The number of aryl methyl sites for hydroxylation is 3. The summed E-state index contributed by atoms with van der Waals surface area (Å²) >= 11 is -0.0662. The summed E-state index contributed by atoms with van der Waals surface area (Å²) in [4.78, 5) is 0. The van der Waals surface area contributed by atoms with E-state index in [9.17, 15) is 0 Å². The molecule has 0 radical (unpaired) electrons.